The van der Waals surface area contributed by atoms with Crippen LogP contribution in [0.3, 0.4) is 0 Å². The summed E-state index contributed by atoms with van der Waals surface area (Å²) in [5.41, 5.74) is 2.00. The molecule has 2 amide bonds. The number of likely N-dealkylation sites (tertiary alicyclic amines) is 1. The maximum absolute atomic E-state index is 12.5. The second kappa shape index (κ2) is 6.75. The minimum Gasteiger partial charge on any atom is -0.394 e. The maximum atomic E-state index is 12.5. The highest BCUT2D eigenvalue weighted by Crippen LogP contribution is 2.24. The van der Waals surface area contributed by atoms with Gasteiger partial charge in [-0.15, -0.1) is 0 Å². The number of nitrogens with one attached hydrogen (secondary N) is 1. The second-order valence-corrected chi connectivity index (χ2v) is 5.50. The Morgan fingerprint density at radius 2 is 2.20 bits per heavy atom. The van der Waals surface area contributed by atoms with Gasteiger partial charge in [-0.1, -0.05) is 32.0 Å². The molecule has 2 unspecified atom stereocenters. The van der Waals surface area contributed by atoms with Crippen molar-refractivity contribution >= 4 is 11.7 Å². The van der Waals surface area contributed by atoms with Crippen molar-refractivity contribution in [2.45, 2.75) is 39.2 Å². The molecule has 0 bridgehead atoms. The minimum atomic E-state index is -0.100. The van der Waals surface area contributed by atoms with E-state index in [9.17, 15) is 9.90 Å². The van der Waals surface area contributed by atoms with Gasteiger partial charge in [0.25, 0.3) is 0 Å². The Hall–Kier alpha value is -1.55. The largest absolute Gasteiger partial charge is 0.394 e. The molecule has 1 aliphatic rings. The fraction of sp³-hybridized carbons (Fsp3) is 0.562. The van der Waals surface area contributed by atoms with Crippen LogP contribution in [0.4, 0.5) is 10.5 Å². The lowest BCUT2D eigenvalue weighted by molar-refractivity contribution is 0.0811. The molecule has 4 heteroatoms. The van der Waals surface area contributed by atoms with E-state index in [1.165, 1.54) is 0 Å². The summed E-state index contributed by atoms with van der Waals surface area (Å²) in [6, 6.07) is 7.69. The van der Waals surface area contributed by atoms with E-state index in [2.05, 4.69) is 19.2 Å². The summed E-state index contributed by atoms with van der Waals surface area (Å²) in [5.74, 6) is 0.348. The average molecular weight is 276 g/mol. The van der Waals surface area contributed by atoms with E-state index in [0.717, 1.165) is 37.1 Å². The Morgan fingerprint density at radius 1 is 1.45 bits per heavy atom. The molecule has 1 aliphatic heterocycles. The molecule has 1 aromatic carbocycles. The van der Waals surface area contributed by atoms with E-state index in [-0.39, 0.29) is 18.7 Å². The Bertz CT molecular complexity index is 462. The first kappa shape index (κ1) is 14.9. The molecule has 1 heterocycles. The normalized spacial score (nSPS) is 22.6. The monoisotopic (exact) mass is 276 g/mol. The second-order valence-electron chi connectivity index (χ2n) is 5.50. The molecule has 0 aliphatic carbocycles. The lowest BCUT2D eigenvalue weighted by atomic mass is 9.91. The lowest BCUT2D eigenvalue weighted by Gasteiger charge is -2.39. The van der Waals surface area contributed by atoms with Crippen molar-refractivity contribution in [2.75, 3.05) is 18.5 Å². The molecular weight excluding hydrogens is 252 g/mol. The van der Waals surface area contributed by atoms with Gasteiger partial charge >= 0.3 is 6.03 Å². The summed E-state index contributed by atoms with van der Waals surface area (Å²) in [6.07, 6.45) is 2.96. The number of aryl methyl sites for hydroxylation is 1. The number of nitrogens with zero attached hydrogens (tertiary/aromatic N) is 1. The third-order valence-corrected chi connectivity index (χ3v) is 4.20. The van der Waals surface area contributed by atoms with Crippen molar-refractivity contribution in [2.24, 2.45) is 5.92 Å². The zero-order valence-electron chi connectivity index (χ0n) is 12.3. The van der Waals surface area contributed by atoms with Gasteiger partial charge in [0.15, 0.2) is 0 Å². The van der Waals surface area contributed by atoms with Crippen LogP contribution in [0.5, 0.6) is 0 Å². The number of hydrogen-bond donors (Lipinski definition) is 2. The molecule has 4 nitrogen and oxygen atoms in total. The lowest BCUT2D eigenvalue weighted by Crippen LogP contribution is -2.51. The van der Waals surface area contributed by atoms with Gasteiger partial charge in [-0.3, -0.25) is 0 Å². The highest BCUT2D eigenvalue weighted by Gasteiger charge is 2.31. The van der Waals surface area contributed by atoms with Gasteiger partial charge in [0.2, 0.25) is 0 Å². The van der Waals surface area contributed by atoms with Crippen molar-refractivity contribution in [3.05, 3.63) is 29.8 Å². The molecule has 2 rings (SSSR count). The van der Waals surface area contributed by atoms with Gasteiger partial charge in [-0.25, -0.2) is 4.79 Å². The quantitative estimate of drug-likeness (QED) is 0.892. The van der Waals surface area contributed by atoms with Gasteiger partial charge in [0.1, 0.15) is 0 Å². The average Bonchev–Trinajstić information content (AvgIpc) is 2.47. The molecule has 2 atom stereocenters. The van der Waals surface area contributed by atoms with Gasteiger partial charge in [-0.2, -0.15) is 0 Å². The first-order chi connectivity index (χ1) is 9.67. The van der Waals surface area contributed by atoms with Crippen molar-refractivity contribution in [3.63, 3.8) is 0 Å². The molecule has 0 aromatic heterocycles. The van der Waals surface area contributed by atoms with Crippen molar-refractivity contribution in [3.8, 4) is 0 Å². The van der Waals surface area contributed by atoms with Gasteiger partial charge < -0.3 is 15.3 Å². The number of anilines is 1. The highest BCUT2D eigenvalue weighted by molar-refractivity contribution is 5.90. The number of rotatable bonds is 3. The first-order valence-corrected chi connectivity index (χ1v) is 7.43. The summed E-state index contributed by atoms with van der Waals surface area (Å²) >= 11 is 0. The molecule has 2 N–H and O–H groups in total. The number of benzene rings is 1. The third-order valence-electron chi connectivity index (χ3n) is 4.20. The fourth-order valence-electron chi connectivity index (χ4n) is 2.92. The van der Waals surface area contributed by atoms with Crippen molar-refractivity contribution < 1.29 is 9.90 Å². The van der Waals surface area contributed by atoms with E-state index in [1.807, 2.05) is 24.3 Å². The molecule has 0 spiro atoms. The zero-order chi connectivity index (χ0) is 14.5. The Kier molecular flexibility index (Phi) is 5.01. The number of amides is 2. The van der Waals surface area contributed by atoms with E-state index in [1.54, 1.807) is 4.90 Å². The van der Waals surface area contributed by atoms with Crippen LogP contribution >= 0.6 is 0 Å². The van der Waals surface area contributed by atoms with Crippen LogP contribution in [0.25, 0.3) is 0 Å². The Morgan fingerprint density at radius 3 is 2.90 bits per heavy atom. The van der Waals surface area contributed by atoms with E-state index < -0.39 is 0 Å². The summed E-state index contributed by atoms with van der Waals surface area (Å²) in [4.78, 5) is 14.2. The number of aliphatic hydroxyl groups excluding tert-OH is 1. The van der Waals surface area contributed by atoms with E-state index in [0.29, 0.717) is 5.92 Å². The molecule has 0 radical (unpaired) electrons. The molecule has 1 saturated heterocycles. The van der Waals surface area contributed by atoms with Crippen LogP contribution in [0.15, 0.2) is 24.3 Å². The molecule has 1 fully saturated rings. The number of para-hydroxylation sites is 1. The summed E-state index contributed by atoms with van der Waals surface area (Å²) in [7, 11) is 0. The molecule has 110 valence electrons. The van der Waals surface area contributed by atoms with Gasteiger partial charge in [-0.05, 0) is 36.8 Å². The summed E-state index contributed by atoms with van der Waals surface area (Å²) < 4.78 is 0. The number of aliphatic hydroxyl groups is 1. The number of carbonyl (C=O) groups excluding carboxylic acids is 1. The molecular formula is C16H24N2O2. The molecule has 1 aromatic rings. The number of hydrogen-bond acceptors (Lipinski definition) is 2. The number of piperidine rings is 1. The van der Waals surface area contributed by atoms with Crippen LogP contribution in [-0.4, -0.2) is 35.2 Å². The summed E-state index contributed by atoms with van der Waals surface area (Å²) in [6.45, 7) is 4.92. The third kappa shape index (κ3) is 3.12. The minimum absolute atomic E-state index is 0.0318. The van der Waals surface area contributed by atoms with Crippen LogP contribution in [0.1, 0.15) is 32.3 Å². The molecule has 0 saturated carbocycles. The van der Waals surface area contributed by atoms with Crippen LogP contribution in [0, 0.1) is 5.92 Å². The highest BCUT2D eigenvalue weighted by atomic mass is 16.3. The first-order valence-electron chi connectivity index (χ1n) is 7.43. The van der Waals surface area contributed by atoms with E-state index >= 15 is 0 Å². The van der Waals surface area contributed by atoms with Crippen LogP contribution in [-0.2, 0) is 6.42 Å². The van der Waals surface area contributed by atoms with Gasteiger partial charge in [0.05, 0.1) is 12.6 Å². The Labute approximate surface area is 120 Å². The van der Waals surface area contributed by atoms with Crippen LogP contribution < -0.4 is 5.32 Å². The van der Waals surface area contributed by atoms with Crippen molar-refractivity contribution in [1.82, 2.24) is 4.90 Å². The Balaban J connectivity index is 2.10. The fourth-order valence-corrected chi connectivity index (χ4v) is 2.92. The number of carbonyl (C=O) groups is 1. The smallest absolute Gasteiger partial charge is 0.322 e. The van der Waals surface area contributed by atoms with Crippen molar-refractivity contribution in [1.29, 1.82) is 0 Å². The van der Waals surface area contributed by atoms with Gasteiger partial charge in [0, 0.05) is 12.2 Å². The maximum Gasteiger partial charge on any atom is 0.322 e. The van der Waals surface area contributed by atoms with Crippen LogP contribution in [0.2, 0.25) is 0 Å². The topological polar surface area (TPSA) is 52.6 Å². The summed E-state index contributed by atoms with van der Waals surface area (Å²) in [5, 5.41) is 12.5. The standard InChI is InChI=1S/C16H24N2O2/c1-3-13-8-4-5-9-14(13)17-16(20)18-10-6-7-12(2)15(18)11-19/h4-5,8-9,12,15,19H,3,6-7,10-11H2,1-2H3,(H,17,20). The SMILES string of the molecule is CCc1ccccc1NC(=O)N1CCCC(C)C1CO. The van der Waals surface area contributed by atoms with E-state index in [4.69, 9.17) is 0 Å². The molecule has 20 heavy (non-hydrogen) atoms. The zero-order valence-corrected chi connectivity index (χ0v) is 12.3. The predicted octanol–water partition coefficient (Wildman–Crippen LogP) is 2.87. The number of urea groups is 1. The predicted molar refractivity (Wildman–Crippen MR) is 80.8 cm³/mol.